The Hall–Kier alpha value is -2.75. The van der Waals surface area contributed by atoms with Gasteiger partial charge in [-0.15, -0.1) is 0 Å². The molecule has 0 aliphatic carbocycles. The van der Waals surface area contributed by atoms with Crippen LogP contribution in [0.1, 0.15) is 38.2 Å². The zero-order chi connectivity index (χ0) is 23.6. The smallest absolute Gasteiger partial charge is 0.303 e. The van der Waals surface area contributed by atoms with Crippen molar-refractivity contribution >= 4 is 16.9 Å². The van der Waals surface area contributed by atoms with E-state index in [1.54, 1.807) is 0 Å². The van der Waals surface area contributed by atoms with E-state index in [9.17, 15) is 4.79 Å². The van der Waals surface area contributed by atoms with Gasteiger partial charge in [-0.2, -0.15) is 14.0 Å². The number of hydrogen-bond donors (Lipinski definition) is 2. The van der Waals surface area contributed by atoms with Crippen molar-refractivity contribution in [1.82, 2.24) is 0 Å². The van der Waals surface area contributed by atoms with Crippen molar-refractivity contribution in [3.63, 3.8) is 0 Å². The maximum absolute atomic E-state index is 10.6. The van der Waals surface area contributed by atoms with E-state index in [1.807, 2.05) is 42.5 Å². The Balaban J connectivity index is 0.000000654. The lowest BCUT2D eigenvalue weighted by molar-refractivity contribution is -1.92. The molecular formula is C23H26ClNO7. The topological polar surface area (TPSA) is 152 Å². The van der Waals surface area contributed by atoms with Crippen LogP contribution in [0.5, 0.6) is 0 Å². The van der Waals surface area contributed by atoms with E-state index in [2.05, 4.69) is 19.1 Å². The van der Waals surface area contributed by atoms with Gasteiger partial charge in [0.15, 0.2) is 0 Å². The summed E-state index contributed by atoms with van der Waals surface area (Å²) in [6, 6.07) is 18.3. The van der Waals surface area contributed by atoms with Gasteiger partial charge in [0.2, 0.25) is 0 Å². The summed E-state index contributed by atoms with van der Waals surface area (Å²) in [7, 11) is -4.69. The Labute approximate surface area is 187 Å². The highest BCUT2D eigenvalue weighted by atomic mass is 35.7. The molecule has 0 bridgehead atoms. The molecule has 0 saturated carbocycles. The van der Waals surface area contributed by atoms with Gasteiger partial charge in [-0.3, -0.25) is 9.79 Å². The highest BCUT2D eigenvalue weighted by Crippen LogP contribution is 2.22. The van der Waals surface area contributed by atoms with Crippen LogP contribution in [0.2, 0.25) is 0 Å². The van der Waals surface area contributed by atoms with Gasteiger partial charge in [0.05, 0.1) is 20.3 Å². The molecule has 3 rings (SSSR count). The third kappa shape index (κ3) is 9.17. The molecule has 1 aromatic heterocycles. The minimum atomic E-state index is -4.69. The summed E-state index contributed by atoms with van der Waals surface area (Å²) in [6.07, 6.45) is 3.65. The molecule has 0 fully saturated rings. The van der Waals surface area contributed by atoms with E-state index in [0.29, 0.717) is 13.0 Å². The minimum Gasteiger partial charge on any atom is -0.481 e. The van der Waals surface area contributed by atoms with Crippen LogP contribution in [0.4, 0.5) is 0 Å². The maximum Gasteiger partial charge on any atom is 0.303 e. The first-order valence-electron chi connectivity index (χ1n) is 10.1. The van der Waals surface area contributed by atoms with Crippen LogP contribution in [0.3, 0.4) is 0 Å². The second kappa shape index (κ2) is 12.3. The fourth-order valence-corrected chi connectivity index (χ4v) is 3.08. The largest absolute Gasteiger partial charge is 0.481 e. The summed E-state index contributed by atoms with van der Waals surface area (Å²) < 4.78 is 38.9. The summed E-state index contributed by atoms with van der Waals surface area (Å²) >= 11 is 0. The molecule has 0 saturated heterocycles. The Morgan fingerprint density at radius 2 is 1.72 bits per heavy atom. The molecule has 2 N–H and O–H groups in total. The number of unbranched alkanes of at least 4 members (excludes halogenated alkanes) is 2. The molecule has 0 unspecified atom stereocenters. The SMILES string of the molecule is CCc1ccc2oc(-c3ccccc3)cc(=NCCCCCC(=O)O)c2c1.[O-][Cl+3]([O-])([O-])O. The third-order valence-electron chi connectivity index (χ3n) is 4.61. The van der Waals surface area contributed by atoms with Gasteiger partial charge in [-0.25, -0.2) is 0 Å². The van der Waals surface area contributed by atoms with Crippen LogP contribution in [-0.2, 0) is 11.2 Å². The Bertz CT molecular complexity index is 1070. The lowest BCUT2D eigenvalue weighted by Gasteiger charge is -2.06. The molecule has 0 spiro atoms. The van der Waals surface area contributed by atoms with Crippen molar-refractivity contribution in [3.8, 4) is 11.3 Å². The molecule has 1 heterocycles. The van der Waals surface area contributed by atoms with Crippen LogP contribution >= 0.6 is 0 Å². The number of fused-ring (bicyclic) bond motifs is 1. The lowest BCUT2D eigenvalue weighted by Crippen LogP contribution is -2.58. The number of benzene rings is 2. The number of carboxylic acids is 1. The van der Waals surface area contributed by atoms with E-state index >= 15 is 0 Å². The van der Waals surface area contributed by atoms with Crippen molar-refractivity contribution in [1.29, 1.82) is 0 Å². The van der Waals surface area contributed by atoms with Gasteiger partial charge >= 0.3 is 5.97 Å². The van der Waals surface area contributed by atoms with E-state index in [1.165, 1.54) is 5.56 Å². The van der Waals surface area contributed by atoms with Gasteiger partial charge < -0.3 is 9.52 Å². The summed E-state index contributed by atoms with van der Waals surface area (Å²) in [6.45, 7) is 2.82. The molecule has 172 valence electrons. The van der Waals surface area contributed by atoms with E-state index in [0.717, 1.165) is 46.9 Å². The van der Waals surface area contributed by atoms with Crippen LogP contribution in [0, 0.1) is 10.2 Å². The molecule has 0 aliphatic heterocycles. The van der Waals surface area contributed by atoms with Gasteiger partial charge in [-0.05, 0) is 37.0 Å². The summed E-state index contributed by atoms with van der Waals surface area (Å²) in [5, 5.41) is 10.7. The molecule has 32 heavy (non-hydrogen) atoms. The summed E-state index contributed by atoms with van der Waals surface area (Å²) in [5.41, 5.74) is 3.11. The van der Waals surface area contributed by atoms with E-state index in [-0.39, 0.29) is 6.42 Å². The van der Waals surface area contributed by atoms with Gasteiger partial charge in [0.1, 0.15) is 11.3 Å². The monoisotopic (exact) mass is 463 g/mol. The van der Waals surface area contributed by atoms with E-state index < -0.39 is 16.2 Å². The van der Waals surface area contributed by atoms with Gasteiger partial charge in [0, 0.05) is 30.0 Å². The number of carboxylic acid groups (broad SMARTS) is 1. The quantitative estimate of drug-likeness (QED) is 0.474. The maximum atomic E-state index is 10.6. The Morgan fingerprint density at radius 3 is 2.34 bits per heavy atom. The van der Waals surface area contributed by atoms with Crippen LogP contribution in [0.25, 0.3) is 22.3 Å². The summed E-state index contributed by atoms with van der Waals surface area (Å²) in [5.74, 6) is 0.0687. The molecule has 0 atom stereocenters. The highest BCUT2D eigenvalue weighted by Gasteiger charge is 2.06. The lowest BCUT2D eigenvalue weighted by atomic mass is 10.1. The molecule has 8 nitrogen and oxygen atoms in total. The molecule has 2 aromatic carbocycles. The first kappa shape index (κ1) is 25.5. The van der Waals surface area contributed by atoms with Crippen molar-refractivity contribution in [2.75, 3.05) is 6.54 Å². The van der Waals surface area contributed by atoms with Crippen LogP contribution in [-0.4, -0.2) is 22.3 Å². The second-order valence-corrected chi connectivity index (χ2v) is 7.82. The van der Waals surface area contributed by atoms with Crippen LogP contribution < -0.4 is 19.3 Å². The molecule has 0 aliphatic rings. The van der Waals surface area contributed by atoms with Crippen LogP contribution in [0.15, 0.2) is 64.0 Å². The normalized spacial score (nSPS) is 11.8. The number of aryl methyl sites for hydroxylation is 1. The Kier molecular flexibility index (Phi) is 9.83. The fraction of sp³-hybridized carbons (Fsp3) is 0.304. The number of rotatable bonds is 8. The Morgan fingerprint density at radius 1 is 1.03 bits per heavy atom. The summed E-state index contributed by atoms with van der Waals surface area (Å²) in [4.78, 5) is 15.4. The standard InChI is InChI=1S/C23H25NO3.ClHO4/c1-2-17-12-13-21-19(15-17)20(24-14-8-4-7-11-23(25)26)16-22(27-21)18-9-5-3-6-10-18;2-1(3,4)5/h3,5-6,9-10,12-13,15-16H,2,4,7-8,11,14H2,1H3,(H,25,26);(H,2,3,4,5). The zero-order valence-electron chi connectivity index (χ0n) is 17.7. The fourth-order valence-electron chi connectivity index (χ4n) is 3.08. The number of nitrogens with zero attached hydrogens (tertiary/aromatic N) is 1. The third-order valence-corrected chi connectivity index (χ3v) is 4.61. The second-order valence-electron chi connectivity index (χ2n) is 7.03. The van der Waals surface area contributed by atoms with Gasteiger partial charge in [0.25, 0.3) is 0 Å². The molecule has 3 aromatic rings. The molecule has 0 radical (unpaired) electrons. The van der Waals surface area contributed by atoms with Crippen molar-refractivity contribution in [2.24, 2.45) is 4.99 Å². The number of halogens is 1. The molecular weight excluding hydrogens is 438 g/mol. The predicted octanol–water partition coefficient (Wildman–Crippen LogP) is 1.08. The zero-order valence-corrected chi connectivity index (χ0v) is 18.5. The number of carbonyl (C=O) groups is 1. The van der Waals surface area contributed by atoms with Crippen molar-refractivity contribution in [2.45, 2.75) is 39.0 Å². The number of aliphatic carboxylic acids is 1. The first-order valence-corrected chi connectivity index (χ1v) is 11.4. The number of hydrogen-bond acceptors (Lipinski definition) is 7. The first-order chi connectivity index (χ1) is 15.2. The van der Waals surface area contributed by atoms with Crippen molar-refractivity contribution < 1.29 is 43.2 Å². The van der Waals surface area contributed by atoms with E-state index in [4.69, 9.17) is 33.2 Å². The highest BCUT2D eigenvalue weighted by molar-refractivity contribution is 5.79. The van der Waals surface area contributed by atoms with Gasteiger partial charge in [-0.1, -0.05) is 49.7 Å². The average molecular weight is 464 g/mol. The van der Waals surface area contributed by atoms with Crippen molar-refractivity contribution in [3.05, 3.63) is 65.5 Å². The predicted molar refractivity (Wildman–Crippen MR) is 110 cm³/mol. The average Bonchev–Trinajstić information content (AvgIpc) is 2.74. The minimum absolute atomic E-state index is 0.227. The molecule has 0 amide bonds. The molecule has 9 heteroatoms.